The Morgan fingerprint density at radius 1 is 1.83 bits per heavy atom. The summed E-state index contributed by atoms with van der Waals surface area (Å²) in [6.45, 7) is 0.224. The number of amides is 1. The van der Waals surface area contributed by atoms with Crippen LogP contribution in [0.2, 0.25) is 0 Å². The molecule has 66 valence electrons. The molecule has 0 bridgehead atoms. The van der Waals surface area contributed by atoms with Crippen LogP contribution in [-0.2, 0) is 4.79 Å². The first-order chi connectivity index (χ1) is 5.69. The molecule has 3 nitrogen and oxygen atoms in total. The van der Waals surface area contributed by atoms with E-state index in [0.29, 0.717) is 0 Å². The zero-order valence-electron chi connectivity index (χ0n) is 6.33. The summed E-state index contributed by atoms with van der Waals surface area (Å²) >= 11 is 2.95. The van der Waals surface area contributed by atoms with Gasteiger partial charge in [0.05, 0.1) is 17.3 Å². The molecular formula is C7H8BrFN2O. The van der Waals surface area contributed by atoms with Crippen molar-refractivity contribution in [2.24, 2.45) is 5.92 Å². The number of halogens is 2. The number of carbonyl (C=O) groups is 1. The molecule has 5 heteroatoms. The Hall–Kier alpha value is -0.630. The molecule has 0 spiro atoms. The van der Waals surface area contributed by atoms with Gasteiger partial charge in [-0.2, -0.15) is 5.26 Å². The molecule has 1 saturated heterocycles. The standard InChI is InChI=1S/C7H8BrFN2O/c8-2-7(12)11-4-5(3-10)1-6(11)9/h5-6H,1-2,4H2/t5-,6-/m1/s1. The molecular weight excluding hydrogens is 227 g/mol. The Labute approximate surface area is 78.3 Å². The van der Waals surface area contributed by atoms with Gasteiger partial charge in [0.2, 0.25) is 5.91 Å². The summed E-state index contributed by atoms with van der Waals surface area (Å²) < 4.78 is 13.0. The highest BCUT2D eigenvalue weighted by atomic mass is 79.9. The number of hydrogen-bond acceptors (Lipinski definition) is 2. The van der Waals surface area contributed by atoms with E-state index in [1.807, 2.05) is 6.07 Å². The maximum absolute atomic E-state index is 13.0. The van der Waals surface area contributed by atoms with Crippen LogP contribution in [0.5, 0.6) is 0 Å². The third-order valence-corrected chi connectivity index (χ3v) is 2.33. The van der Waals surface area contributed by atoms with Gasteiger partial charge in [0.15, 0.2) is 6.30 Å². The van der Waals surface area contributed by atoms with Crippen molar-refractivity contribution in [3.63, 3.8) is 0 Å². The first-order valence-corrected chi connectivity index (χ1v) is 4.70. The van der Waals surface area contributed by atoms with Crippen LogP contribution in [0.15, 0.2) is 0 Å². The maximum atomic E-state index is 13.0. The van der Waals surface area contributed by atoms with Crippen molar-refractivity contribution in [3.8, 4) is 6.07 Å². The zero-order valence-corrected chi connectivity index (χ0v) is 7.92. The molecule has 0 saturated carbocycles. The smallest absolute Gasteiger partial charge is 0.235 e. The van der Waals surface area contributed by atoms with E-state index in [0.717, 1.165) is 4.90 Å². The Morgan fingerprint density at radius 2 is 2.50 bits per heavy atom. The number of hydrogen-bond donors (Lipinski definition) is 0. The van der Waals surface area contributed by atoms with E-state index >= 15 is 0 Å². The average Bonchev–Trinajstić information content (AvgIpc) is 2.45. The lowest BCUT2D eigenvalue weighted by molar-refractivity contribution is -0.131. The summed E-state index contributed by atoms with van der Waals surface area (Å²) in [5.41, 5.74) is 0. The molecule has 0 aromatic carbocycles. The normalized spacial score (nSPS) is 28.6. The molecule has 0 unspecified atom stereocenters. The first-order valence-electron chi connectivity index (χ1n) is 3.58. The molecule has 1 aliphatic rings. The summed E-state index contributed by atoms with van der Waals surface area (Å²) in [4.78, 5) is 12.1. The van der Waals surface area contributed by atoms with Gasteiger partial charge < -0.3 is 4.90 Å². The van der Waals surface area contributed by atoms with Crippen molar-refractivity contribution < 1.29 is 9.18 Å². The second kappa shape index (κ2) is 3.85. The summed E-state index contributed by atoms with van der Waals surface area (Å²) in [6.07, 6.45) is -1.13. The van der Waals surface area contributed by atoms with Crippen molar-refractivity contribution in [3.05, 3.63) is 0 Å². The van der Waals surface area contributed by atoms with Gasteiger partial charge in [0.25, 0.3) is 0 Å². The first kappa shape index (κ1) is 9.46. The third kappa shape index (κ3) is 1.75. The lowest BCUT2D eigenvalue weighted by Gasteiger charge is -2.16. The Kier molecular flexibility index (Phi) is 3.04. The molecule has 1 fully saturated rings. The molecule has 1 rings (SSSR count). The third-order valence-electron chi connectivity index (χ3n) is 1.85. The minimum Gasteiger partial charge on any atom is -0.310 e. The lowest BCUT2D eigenvalue weighted by atomic mass is 10.1. The molecule has 0 N–H and O–H groups in total. The quantitative estimate of drug-likeness (QED) is 0.503. The van der Waals surface area contributed by atoms with Crippen LogP contribution in [0.4, 0.5) is 4.39 Å². The largest absolute Gasteiger partial charge is 0.310 e. The fraction of sp³-hybridized carbons (Fsp3) is 0.714. The van der Waals surface area contributed by atoms with E-state index < -0.39 is 6.30 Å². The van der Waals surface area contributed by atoms with Crippen LogP contribution < -0.4 is 0 Å². The minimum atomic E-state index is -1.28. The fourth-order valence-corrected chi connectivity index (χ4v) is 1.54. The van der Waals surface area contributed by atoms with E-state index in [9.17, 15) is 9.18 Å². The van der Waals surface area contributed by atoms with Crippen molar-refractivity contribution >= 4 is 21.8 Å². The van der Waals surface area contributed by atoms with Crippen LogP contribution in [0.25, 0.3) is 0 Å². The van der Waals surface area contributed by atoms with E-state index in [-0.39, 0.29) is 30.1 Å². The Bertz CT molecular complexity index is 228. The van der Waals surface area contributed by atoms with Gasteiger partial charge in [-0.05, 0) is 0 Å². The molecule has 0 aromatic rings. The number of nitrogens with zero attached hydrogens (tertiary/aromatic N) is 2. The molecule has 1 amide bonds. The van der Waals surface area contributed by atoms with Gasteiger partial charge >= 0.3 is 0 Å². The SMILES string of the molecule is N#C[C@H]1C[C@H](F)N(C(=O)CBr)C1. The summed E-state index contributed by atoms with van der Waals surface area (Å²) in [5, 5.41) is 8.61. The number of carbonyl (C=O) groups excluding carboxylic acids is 1. The summed E-state index contributed by atoms with van der Waals surface area (Å²) in [5.74, 6) is -0.636. The molecule has 2 atom stereocenters. The van der Waals surface area contributed by atoms with Crippen molar-refractivity contribution in [1.82, 2.24) is 4.90 Å². The molecule has 0 aliphatic carbocycles. The second-order valence-corrected chi connectivity index (χ2v) is 3.24. The van der Waals surface area contributed by atoms with E-state index in [2.05, 4.69) is 15.9 Å². The highest BCUT2D eigenvalue weighted by Gasteiger charge is 2.34. The van der Waals surface area contributed by atoms with Crippen LogP contribution in [0.3, 0.4) is 0 Å². The monoisotopic (exact) mass is 234 g/mol. The number of rotatable bonds is 1. The highest BCUT2D eigenvalue weighted by Crippen LogP contribution is 2.23. The molecule has 1 aliphatic heterocycles. The Morgan fingerprint density at radius 3 is 2.92 bits per heavy atom. The summed E-state index contributed by atoms with van der Waals surface area (Å²) in [6, 6.07) is 1.95. The second-order valence-electron chi connectivity index (χ2n) is 2.68. The van der Waals surface area contributed by atoms with Crippen molar-refractivity contribution in [2.75, 3.05) is 11.9 Å². The van der Waals surface area contributed by atoms with E-state index in [1.165, 1.54) is 0 Å². The topological polar surface area (TPSA) is 44.1 Å². The van der Waals surface area contributed by atoms with E-state index in [4.69, 9.17) is 5.26 Å². The van der Waals surface area contributed by atoms with Crippen LogP contribution in [0.1, 0.15) is 6.42 Å². The number of likely N-dealkylation sites (tertiary alicyclic amines) is 1. The molecule has 0 radical (unpaired) electrons. The van der Waals surface area contributed by atoms with Gasteiger partial charge in [-0.15, -0.1) is 0 Å². The van der Waals surface area contributed by atoms with Crippen molar-refractivity contribution in [1.29, 1.82) is 5.26 Å². The highest BCUT2D eigenvalue weighted by molar-refractivity contribution is 9.09. The zero-order chi connectivity index (χ0) is 9.14. The van der Waals surface area contributed by atoms with E-state index in [1.54, 1.807) is 0 Å². The maximum Gasteiger partial charge on any atom is 0.235 e. The van der Waals surface area contributed by atoms with Gasteiger partial charge in [-0.25, -0.2) is 4.39 Å². The minimum absolute atomic E-state index is 0.117. The van der Waals surface area contributed by atoms with Gasteiger partial charge in [0, 0.05) is 13.0 Å². The predicted molar refractivity (Wildman–Crippen MR) is 44.1 cm³/mol. The van der Waals surface area contributed by atoms with Gasteiger partial charge in [-0.1, -0.05) is 15.9 Å². The van der Waals surface area contributed by atoms with Crippen molar-refractivity contribution in [2.45, 2.75) is 12.7 Å². The fourth-order valence-electron chi connectivity index (χ4n) is 1.22. The van der Waals surface area contributed by atoms with Gasteiger partial charge in [-0.3, -0.25) is 4.79 Å². The molecule has 12 heavy (non-hydrogen) atoms. The molecule has 0 aromatic heterocycles. The van der Waals surface area contributed by atoms with Crippen LogP contribution in [0, 0.1) is 17.2 Å². The lowest BCUT2D eigenvalue weighted by Crippen LogP contribution is -2.33. The molecule has 1 heterocycles. The summed E-state index contributed by atoms with van der Waals surface area (Å²) in [7, 11) is 0. The Balaban J connectivity index is 2.58. The number of nitriles is 1. The van der Waals surface area contributed by atoms with Crippen LogP contribution >= 0.6 is 15.9 Å². The predicted octanol–water partition coefficient (Wildman–Crippen LogP) is 1.05. The number of alkyl halides is 2. The average molecular weight is 235 g/mol. The van der Waals surface area contributed by atoms with Crippen LogP contribution in [-0.4, -0.2) is 29.0 Å². The van der Waals surface area contributed by atoms with Gasteiger partial charge in [0.1, 0.15) is 0 Å².